The van der Waals surface area contributed by atoms with E-state index >= 15 is 0 Å². The van der Waals surface area contributed by atoms with E-state index in [0.717, 1.165) is 18.2 Å². The number of rotatable bonds is 5. The van der Waals surface area contributed by atoms with Crippen molar-refractivity contribution < 1.29 is 23.1 Å². The average Bonchev–Trinajstić information content (AvgIpc) is 2.97. The zero-order valence-corrected chi connectivity index (χ0v) is 14.2. The number of anilines is 2. The van der Waals surface area contributed by atoms with Crippen LogP contribution in [-0.2, 0) is 9.59 Å². The molecule has 0 aromatic heterocycles. The van der Waals surface area contributed by atoms with Gasteiger partial charge in [-0.15, -0.1) is 0 Å². The molecule has 1 fully saturated rings. The smallest absolute Gasteiger partial charge is 0.229 e. The molecule has 1 heterocycles. The van der Waals surface area contributed by atoms with E-state index in [-0.39, 0.29) is 24.6 Å². The largest absolute Gasteiger partial charge is 0.494 e. The first-order chi connectivity index (χ1) is 12.5. The van der Waals surface area contributed by atoms with Crippen molar-refractivity contribution in [1.29, 1.82) is 0 Å². The summed E-state index contributed by atoms with van der Waals surface area (Å²) in [7, 11) is 0. The third kappa shape index (κ3) is 3.99. The number of hydrogen-bond acceptors (Lipinski definition) is 3. The molecule has 2 aromatic carbocycles. The van der Waals surface area contributed by atoms with Crippen LogP contribution in [0.1, 0.15) is 13.3 Å². The monoisotopic (exact) mass is 360 g/mol. The first-order valence-electron chi connectivity index (χ1n) is 8.26. The fraction of sp³-hybridized carbons (Fsp3) is 0.263. The molecule has 1 N–H and O–H groups in total. The number of nitrogens with zero attached hydrogens (tertiary/aromatic N) is 1. The number of halogens is 2. The molecule has 1 aliphatic heterocycles. The molecule has 26 heavy (non-hydrogen) atoms. The van der Waals surface area contributed by atoms with Gasteiger partial charge in [-0.2, -0.15) is 0 Å². The number of ether oxygens (including phenoxy) is 1. The fourth-order valence-corrected chi connectivity index (χ4v) is 2.89. The van der Waals surface area contributed by atoms with E-state index in [1.54, 1.807) is 24.3 Å². The fourth-order valence-electron chi connectivity index (χ4n) is 2.89. The Bertz CT molecular complexity index is 804. The summed E-state index contributed by atoms with van der Waals surface area (Å²) in [4.78, 5) is 26.1. The van der Waals surface area contributed by atoms with Crippen molar-refractivity contribution in [1.82, 2.24) is 0 Å². The summed E-state index contributed by atoms with van der Waals surface area (Å²) in [6.45, 7) is 2.63. The van der Waals surface area contributed by atoms with Gasteiger partial charge in [0.15, 0.2) is 0 Å². The van der Waals surface area contributed by atoms with Gasteiger partial charge in [0.05, 0.1) is 12.5 Å². The van der Waals surface area contributed by atoms with Gasteiger partial charge in [-0.3, -0.25) is 9.59 Å². The van der Waals surface area contributed by atoms with Crippen LogP contribution >= 0.6 is 0 Å². The van der Waals surface area contributed by atoms with Crippen LogP contribution in [0.4, 0.5) is 20.2 Å². The predicted molar refractivity (Wildman–Crippen MR) is 93.1 cm³/mol. The Kier molecular flexibility index (Phi) is 5.16. The Balaban J connectivity index is 1.67. The van der Waals surface area contributed by atoms with E-state index in [4.69, 9.17) is 4.74 Å². The van der Waals surface area contributed by atoms with E-state index in [0.29, 0.717) is 18.0 Å². The van der Waals surface area contributed by atoms with Gasteiger partial charge in [0.1, 0.15) is 17.4 Å². The molecule has 7 heteroatoms. The van der Waals surface area contributed by atoms with Crippen LogP contribution in [0.2, 0.25) is 0 Å². The van der Waals surface area contributed by atoms with E-state index in [1.807, 2.05) is 6.92 Å². The maximum absolute atomic E-state index is 13.2. The van der Waals surface area contributed by atoms with Gasteiger partial charge < -0.3 is 15.0 Å². The van der Waals surface area contributed by atoms with Crippen LogP contribution in [0.25, 0.3) is 0 Å². The highest BCUT2D eigenvalue weighted by Gasteiger charge is 2.35. The molecular weight excluding hydrogens is 342 g/mol. The Labute approximate surface area is 149 Å². The number of hydrogen-bond donors (Lipinski definition) is 1. The second kappa shape index (κ2) is 7.51. The SMILES string of the molecule is CCOc1ccc(N2C[C@@H](C(=O)Nc3cc(F)cc(F)c3)CC2=O)cc1. The third-order valence-electron chi connectivity index (χ3n) is 4.09. The van der Waals surface area contributed by atoms with Gasteiger partial charge in [0, 0.05) is 30.4 Å². The third-order valence-corrected chi connectivity index (χ3v) is 4.09. The summed E-state index contributed by atoms with van der Waals surface area (Å²) < 4.78 is 31.8. The zero-order chi connectivity index (χ0) is 18.7. The molecule has 0 unspecified atom stereocenters. The first-order valence-corrected chi connectivity index (χ1v) is 8.26. The van der Waals surface area contributed by atoms with Crippen LogP contribution in [0.5, 0.6) is 5.75 Å². The summed E-state index contributed by atoms with van der Waals surface area (Å²) >= 11 is 0. The second-order valence-electron chi connectivity index (χ2n) is 5.98. The minimum absolute atomic E-state index is 0.0273. The normalized spacial score (nSPS) is 16.7. The summed E-state index contributed by atoms with van der Waals surface area (Å²) in [5.41, 5.74) is 0.699. The molecule has 0 bridgehead atoms. The van der Waals surface area contributed by atoms with Crippen molar-refractivity contribution in [3.05, 3.63) is 54.1 Å². The predicted octanol–water partition coefficient (Wildman–Crippen LogP) is 3.36. The van der Waals surface area contributed by atoms with Crippen LogP contribution in [0.3, 0.4) is 0 Å². The minimum Gasteiger partial charge on any atom is -0.494 e. The second-order valence-corrected chi connectivity index (χ2v) is 5.98. The van der Waals surface area contributed by atoms with E-state index < -0.39 is 23.5 Å². The maximum Gasteiger partial charge on any atom is 0.229 e. The quantitative estimate of drug-likeness (QED) is 0.890. The van der Waals surface area contributed by atoms with Crippen molar-refractivity contribution in [3.63, 3.8) is 0 Å². The molecule has 136 valence electrons. The van der Waals surface area contributed by atoms with Gasteiger partial charge in [-0.25, -0.2) is 8.78 Å². The topological polar surface area (TPSA) is 58.6 Å². The molecule has 5 nitrogen and oxygen atoms in total. The highest BCUT2D eigenvalue weighted by atomic mass is 19.1. The number of carbonyl (C=O) groups excluding carboxylic acids is 2. The van der Waals surface area contributed by atoms with Gasteiger partial charge in [-0.1, -0.05) is 0 Å². The Morgan fingerprint density at radius 2 is 1.85 bits per heavy atom. The Morgan fingerprint density at radius 1 is 1.19 bits per heavy atom. The standard InChI is InChI=1S/C19H18F2N2O3/c1-2-26-17-5-3-16(4-6-17)23-11-12(7-18(23)24)19(25)22-15-9-13(20)8-14(21)10-15/h3-6,8-10,12H,2,7,11H2,1H3,(H,22,25)/t12-/m0/s1. The number of benzene rings is 2. The van der Waals surface area contributed by atoms with Crippen LogP contribution < -0.4 is 15.0 Å². The van der Waals surface area contributed by atoms with Gasteiger partial charge in [0.25, 0.3) is 0 Å². The van der Waals surface area contributed by atoms with Crippen LogP contribution in [-0.4, -0.2) is 25.0 Å². The average molecular weight is 360 g/mol. The Morgan fingerprint density at radius 3 is 2.46 bits per heavy atom. The van der Waals surface area contributed by atoms with Crippen molar-refractivity contribution in [3.8, 4) is 5.75 Å². The Hall–Kier alpha value is -2.96. The lowest BCUT2D eigenvalue weighted by Gasteiger charge is -2.17. The van der Waals surface area contributed by atoms with Crippen LogP contribution in [0.15, 0.2) is 42.5 Å². The van der Waals surface area contributed by atoms with E-state index in [1.165, 1.54) is 4.90 Å². The molecule has 0 radical (unpaired) electrons. The van der Waals surface area contributed by atoms with Crippen molar-refractivity contribution in [2.75, 3.05) is 23.4 Å². The number of amides is 2. The lowest BCUT2D eigenvalue weighted by molar-refractivity contribution is -0.122. The summed E-state index contributed by atoms with van der Waals surface area (Å²) in [6.07, 6.45) is 0.0385. The van der Waals surface area contributed by atoms with E-state index in [9.17, 15) is 18.4 Å². The molecule has 3 rings (SSSR count). The number of carbonyl (C=O) groups is 2. The van der Waals surface area contributed by atoms with Crippen LogP contribution in [0, 0.1) is 17.6 Å². The zero-order valence-electron chi connectivity index (χ0n) is 14.2. The molecule has 0 spiro atoms. The van der Waals surface area contributed by atoms with Gasteiger partial charge >= 0.3 is 0 Å². The summed E-state index contributed by atoms with van der Waals surface area (Å²) in [5, 5.41) is 2.47. The molecular formula is C19H18F2N2O3. The highest BCUT2D eigenvalue weighted by molar-refractivity contribution is 6.03. The summed E-state index contributed by atoms with van der Waals surface area (Å²) in [5.74, 6) is -2.08. The maximum atomic E-state index is 13.2. The first kappa shape index (κ1) is 17.8. The molecule has 1 aliphatic rings. The summed E-state index contributed by atoms with van der Waals surface area (Å²) in [6, 6.07) is 9.81. The van der Waals surface area contributed by atoms with Gasteiger partial charge in [0.2, 0.25) is 11.8 Å². The molecule has 0 aliphatic carbocycles. The number of nitrogens with one attached hydrogen (secondary N) is 1. The van der Waals surface area contributed by atoms with E-state index in [2.05, 4.69) is 5.32 Å². The molecule has 2 aromatic rings. The molecule has 0 saturated carbocycles. The van der Waals surface area contributed by atoms with Crippen molar-refractivity contribution >= 4 is 23.2 Å². The molecule has 2 amide bonds. The molecule has 1 atom stereocenters. The van der Waals surface area contributed by atoms with Crippen molar-refractivity contribution in [2.45, 2.75) is 13.3 Å². The van der Waals surface area contributed by atoms with Gasteiger partial charge in [-0.05, 0) is 43.3 Å². The minimum atomic E-state index is -0.779. The lowest BCUT2D eigenvalue weighted by Crippen LogP contribution is -2.28. The molecule has 1 saturated heterocycles. The van der Waals surface area contributed by atoms with Crippen molar-refractivity contribution in [2.24, 2.45) is 5.92 Å². The lowest BCUT2D eigenvalue weighted by atomic mass is 10.1. The highest BCUT2D eigenvalue weighted by Crippen LogP contribution is 2.27.